The van der Waals surface area contributed by atoms with Gasteiger partial charge in [-0.1, -0.05) is 48.0 Å². The van der Waals surface area contributed by atoms with Crippen molar-refractivity contribution < 1.29 is 19.2 Å². The van der Waals surface area contributed by atoms with Crippen LogP contribution in [0.4, 0.5) is 17.1 Å². The van der Waals surface area contributed by atoms with E-state index in [1.807, 2.05) is 49.4 Å². The molecule has 38 heavy (non-hydrogen) atoms. The maximum atomic E-state index is 14.3. The minimum absolute atomic E-state index is 0.220. The van der Waals surface area contributed by atoms with Crippen molar-refractivity contribution in [3.8, 4) is 0 Å². The first-order chi connectivity index (χ1) is 18.2. The zero-order valence-corrected chi connectivity index (χ0v) is 21.5. The van der Waals surface area contributed by atoms with Crippen molar-refractivity contribution in [3.63, 3.8) is 0 Å². The van der Waals surface area contributed by atoms with E-state index in [2.05, 4.69) is 10.6 Å². The van der Waals surface area contributed by atoms with Crippen molar-refractivity contribution >= 4 is 52.3 Å². The number of carbonyl (C=O) groups is 4. The van der Waals surface area contributed by atoms with Gasteiger partial charge in [0.25, 0.3) is 5.91 Å². The van der Waals surface area contributed by atoms with E-state index >= 15 is 0 Å². The van der Waals surface area contributed by atoms with Gasteiger partial charge in [0.1, 0.15) is 5.54 Å². The third-order valence-corrected chi connectivity index (χ3v) is 8.11. The summed E-state index contributed by atoms with van der Waals surface area (Å²) in [5, 5.41) is 6.62. The number of para-hydroxylation sites is 1. The molecule has 2 saturated heterocycles. The molecule has 0 aliphatic carbocycles. The van der Waals surface area contributed by atoms with Crippen LogP contribution in [-0.2, 0) is 31.3 Å². The fourth-order valence-electron chi connectivity index (χ4n) is 6.21. The quantitative estimate of drug-likeness (QED) is 0.501. The SMILES string of the molecule is CC(=O)Nc1ccc(N2C(=O)C3C(C)NC4(C(=O)N(Cc5ccccc5Cl)c5ccccc54)C3C2=O)cc1. The fourth-order valence-corrected chi connectivity index (χ4v) is 6.41. The molecule has 4 unspecified atom stereocenters. The molecule has 0 aromatic heterocycles. The Labute approximate surface area is 224 Å². The molecule has 3 aliphatic rings. The zero-order chi connectivity index (χ0) is 26.8. The van der Waals surface area contributed by atoms with Gasteiger partial charge in [0.15, 0.2) is 0 Å². The molecule has 2 N–H and O–H groups in total. The van der Waals surface area contributed by atoms with Crippen molar-refractivity contribution in [1.29, 1.82) is 0 Å². The van der Waals surface area contributed by atoms with Gasteiger partial charge in [-0.15, -0.1) is 0 Å². The Morgan fingerprint density at radius 3 is 2.37 bits per heavy atom. The van der Waals surface area contributed by atoms with Crippen molar-refractivity contribution in [3.05, 3.63) is 88.9 Å². The van der Waals surface area contributed by atoms with Crippen LogP contribution in [0.25, 0.3) is 0 Å². The van der Waals surface area contributed by atoms with E-state index in [0.717, 1.165) is 5.56 Å². The number of benzene rings is 3. The predicted octanol–water partition coefficient (Wildman–Crippen LogP) is 3.84. The maximum absolute atomic E-state index is 14.3. The molecule has 2 fully saturated rings. The number of imide groups is 1. The zero-order valence-electron chi connectivity index (χ0n) is 20.8. The van der Waals surface area contributed by atoms with Gasteiger partial charge in [-0.2, -0.15) is 0 Å². The van der Waals surface area contributed by atoms with Crippen LogP contribution in [-0.4, -0.2) is 29.7 Å². The summed E-state index contributed by atoms with van der Waals surface area (Å²) in [5.74, 6) is -2.89. The van der Waals surface area contributed by atoms with E-state index in [1.165, 1.54) is 11.8 Å². The normalized spacial score (nSPS) is 25.8. The smallest absolute Gasteiger partial charge is 0.253 e. The lowest BCUT2D eigenvalue weighted by molar-refractivity contribution is -0.132. The Kier molecular flexibility index (Phi) is 5.63. The van der Waals surface area contributed by atoms with Crippen LogP contribution in [0.3, 0.4) is 0 Å². The highest BCUT2D eigenvalue weighted by atomic mass is 35.5. The second-order valence-corrected chi connectivity index (χ2v) is 10.4. The number of amides is 4. The first kappa shape index (κ1) is 24.3. The molecule has 6 rings (SSSR count). The van der Waals surface area contributed by atoms with Gasteiger partial charge < -0.3 is 10.2 Å². The average molecular weight is 529 g/mol. The maximum Gasteiger partial charge on any atom is 0.253 e. The molecule has 192 valence electrons. The lowest BCUT2D eigenvalue weighted by Crippen LogP contribution is -2.54. The number of fused-ring (bicyclic) bond motifs is 4. The molecule has 4 atom stereocenters. The van der Waals surface area contributed by atoms with Crippen LogP contribution in [0.15, 0.2) is 72.8 Å². The minimum Gasteiger partial charge on any atom is -0.326 e. The van der Waals surface area contributed by atoms with E-state index in [9.17, 15) is 19.2 Å². The highest BCUT2D eigenvalue weighted by Crippen LogP contribution is 2.55. The molecular formula is C29H25ClN4O4. The van der Waals surface area contributed by atoms with Crippen molar-refractivity contribution in [2.75, 3.05) is 15.1 Å². The summed E-state index contributed by atoms with van der Waals surface area (Å²) >= 11 is 6.43. The number of anilines is 3. The lowest BCUT2D eigenvalue weighted by atomic mass is 9.76. The largest absolute Gasteiger partial charge is 0.326 e. The monoisotopic (exact) mass is 528 g/mol. The van der Waals surface area contributed by atoms with Gasteiger partial charge >= 0.3 is 0 Å². The van der Waals surface area contributed by atoms with Crippen LogP contribution in [0.1, 0.15) is 25.0 Å². The van der Waals surface area contributed by atoms with Crippen molar-refractivity contribution in [2.45, 2.75) is 32.0 Å². The third-order valence-electron chi connectivity index (χ3n) is 7.75. The Morgan fingerprint density at radius 2 is 1.66 bits per heavy atom. The van der Waals surface area contributed by atoms with E-state index in [-0.39, 0.29) is 24.3 Å². The van der Waals surface area contributed by atoms with Crippen LogP contribution in [0.2, 0.25) is 5.02 Å². The lowest BCUT2D eigenvalue weighted by Gasteiger charge is -2.30. The Balaban J connectivity index is 1.41. The standard InChI is InChI=1S/C29H25ClN4O4/c1-16-24-25(27(37)34(26(24)36)20-13-11-19(12-14-20)31-17(2)35)29(32-16)21-8-4-6-10-23(21)33(28(29)38)15-18-7-3-5-9-22(18)30/h3-14,16,24-25,32H,15H2,1-2H3,(H,31,35). The Hall–Kier alpha value is -4.01. The number of rotatable bonds is 4. The van der Waals surface area contributed by atoms with Gasteiger partial charge in [0.2, 0.25) is 17.7 Å². The van der Waals surface area contributed by atoms with Crippen LogP contribution in [0.5, 0.6) is 0 Å². The molecule has 3 aromatic carbocycles. The van der Waals surface area contributed by atoms with Crippen LogP contribution >= 0.6 is 11.6 Å². The number of nitrogens with zero attached hydrogens (tertiary/aromatic N) is 2. The molecule has 3 aromatic rings. The summed E-state index contributed by atoms with van der Waals surface area (Å²) in [4.78, 5) is 56.3. The molecule has 3 heterocycles. The van der Waals surface area contributed by atoms with Crippen LogP contribution < -0.4 is 20.4 Å². The summed E-state index contributed by atoms with van der Waals surface area (Å²) in [7, 11) is 0. The van der Waals surface area contributed by atoms with Gasteiger partial charge in [0, 0.05) is 34.9 Å². The second-order valence-electron chi connectivity index (χ2n) is 9.98. The van der Waals surface area contributed by atoms with Gasteiger partial charge in [-0.3, -0.25) is 24.5 Å². The summed E-state index contributed by atoms with van der Waals surface area (Å²) in [6.45, 7) is 3.48. The van der Waals surface area contributed by atoms with Crippen molar-refractivity contribution in [2.24, 2.45) is 11.8 Å². The molecule has 0 radical (unpaired) electrons. The number of halogens is 1. The van der Waals surface area contributed by atoms with E-state index in [0.29, 0.717) is 27.6 Å². The Morgan fingerprint density at radius 1 is 0.974 bits per heavy atom. The highest BCUT2D eigenvalue weighted by molar-refractivity contribution is 6.31. The molecular weight excluding hydrogens is 504 g/mol. The van der Waals surface area contributed by atoms with E-state index < -0.39 is 29.3 Å². The minimum atomic E-state index is -1.38. The fraction of sp³-hybridized carbons (Fsp3) is 0.241. The number of nitrogens with one attached hydrogen (secondary N) is 2. The average Bonchev–Trinajstić information content (AvgIpc) is 3.44. The number of hydrogen-bond acceptors (Lipinski definition) is 5. The molecule has 0 saturated carbocycles. The third kappa shape index (κ3) is 3.40. The molecule has 9 heteroatoms. The van der Waals surface area contributed by atoms with Crippen LogP contribution in [0, 0.1) is 11.8 Å². The van der Waals surface area contributed by atoms with Crippen molar-refractivity contribution in [1.82, 2.24) is 5.32 Å². The molecule has 8 nitrogen and oxygen atoms in total. The summed E-state index contributed by atoms with van der Waals surface area (Å²) < 4.78 is 0. The molecule has 0 bridgehead atoms. The van der Waals surface area contributed by atoms with Gasteiger partial charge in [-0.05, 0) is 48.9 Å². The van der Waals surface area contributed by atoms with Gasteiger partial charge in [0.05, 0.1) is 24.1 Å². The topological polar surface area (TPSA) is 98.8 Å². The molecule has 3 aliphatic heterocycles. The van der Waals surface area contributed by atoms with Gasteiger partial charge in [-0.25, -0.2) is 4.90 Å². The summed E-state index contributed by atoms with van der Waals surface area (Å²) in [5.41, 5.74) is 1.74. The first-order valence-corrected chi connectivity index (χ1v) is 12.8. The number of carbonyl (C=O) groups excluding carboxylic acids is 4. The number of hydrogen-bond donors (Lipinski definition) is 2. The Bertz CT molecular complexity index is 1510. The summed E-state index contributed by atoms with van der Waals surface area (Å²) in [6.07, 6.45) is 0. The first-order valence-electron chi connectivity index (χ1n) is 12.4. The second kappa shape index (κ2) is 8.79. The predicted molar refractivity (Wildman–Crippen MR) is 144 cm³/mol. The molecule has 1 spiro atoms. The highest BCUT2D eigenvalue weighted by Gasteiger charge is 2.71. The summed E-state index contributed by atoms with van der Waals surface area (Å²) in [6, 6.07) is 20.9. The molecule has 4 amide bonds. The van der Waals surface area contributed by atoms with E-state index in [4.69, 9.17) is 11.6 Å². The van der Waals surface area contributed by atoms with E-state index in [1.54, 1.807) is 35.2 Å².